The van der Waals surface area contributed by atoms with Crippen LogP contribution in [0.15, 0.2) is 41.3 Å². The average Bonchev–Trinajstić information content (AvgIpc) is 2.41. The van der Waals surface area contributed by atoms with Gasteiger partial charge in [0.1, 0.15) is 12.1 Å². The van der Waals surface area contributed by atoms with Crippen molar-refractivity contribution in [2.24, 2.45) is 0 Å². The minimum atomic E-state index is 0.647. The fourth-order valence-electron chi connectivity index (χ4n) is 1.45. The summed E-state index contributed by atoms with van der Waals surface area (Å²) in [5, 5.41) is 3.22. The van der Waals surface area contributed by atoms with Gasteiger partial charge < -0.3 is 10.1 Å². The van der Waals surface area contributed by atoms with Crippen LogP contribution in [0.4, 0.5) is 11.5 Å². The largest absolute Gasteiger partial charge is 0.377 e. The van der Waals surface area contributed by atoms with Crippen molar-refractivity contribution in [2.45, 2.75) is 13.5 Å². The van der Waals surface area contributed by atoms with Gasteiger partial charge in [-0.25, -0.2) is 9.97 Å². The van der Waals surface area contributed by atoms with E-state index < -0.39 is 0 Å². The molecular formula is C13H14BrN3O. The number of halogens is 1. The van der Waals surface area contributed by atoms with Gasteiger partial charge in [-0.2, -0.15) is 0 Å². The van der Waals surface area contributed by atoms with Crippen LogP contribution >= 0.6 is 15.9 Å². The summed E-state index contributed by atoms with van der Waals surface area (Å²) in [7, 11) is 0. The number of ether oxygens (including phenoxy) is 1. The van der Waals surface area contributed by atoms with Gasteiger partial charge in [-0.15, -0.1) is 0 Å². The van der Waals surface area contributed by atoms with E-state index in [2.05, 4.69) is 31.2 Å². The Hall–Kier alpha value is -1.46. The maximum atomic E-state index is 5.35. The molecule has 2 rings (SSSR count). The topological polar surface area (TPSA) is 47.0 Å². The van der Waals surface area contributed by atoms with E-state index in [1.54, 1.807) is 6.20 Å². The van der Waals surface area contributed by atoms with Crippen LogP contribution in [-0.4, -0.2) is 16.6 Å². The lowest BCUT2D eigenvalue weighted by atomic mass is 10.2. The normalized spacial score (nSPS) is 10.3. The molecule has 0 bridgehead atoms. The predicted molar refractivity (Wildman–Crippen MR) is 74.8 cm³/mol. The van der Waals surface area contributed by atoms with E-state index in [-0.39, 0.29) is 0 Å². The van der Waals surface area contributed by atoms with E-state index in [0.29, 0.717) is 6.61 Å². The van der Waals surface area contributed by atoms with Gasteiger partial charge in [0.2, 0.25) is 0 Å². The zero-order valence-corrected chi connectivity index (χ0v) is 11.6. The van der Waals surface area contributed by atoms with Crippen molar-refractivity contribution in [3.63, 3.8) is 0 Å². The van der Waals surface area contributed by atoms with Crippen molar-refractivity contribution < 1.29 is 4.74 Å². The summed E-state index contributed by atoms with van der Waals surface area (Å²) in [5.41, 5.74) is 2.14. The molecule has 1 heterocycles. The molecule has 1 N–H and O–H groups in total. The Balaban J connectivity index is 2.04. The summed E-state index contributed by atoms with van der Waals surface area (Å²) < 4.78 is 6.18. The van der Waals surface area contributed by atoms with Gasteiger partial charge in [0.25, 0.3) is 0 Å². The lowest BCUT2D eigenvalue weighted by Crippen LogP contribution is -1.96. The molecule has 0 saturated carbocycles. The van der Waals surface area contributed by atoms with E-state index in [1.807, 2.05) is 31.2 Å². The number of hydrogen-bond acceptors (Lipinski definition) is 4. The second kappa shape index (κ2) is 6.47. The molecule has 18 heavy (non-hydrogen) atoms. The number of nitrogens with zero attached hydrogens (tertiary/aromatic N) is 2. The van der Waals surface area contributed by atoms with Gasteiger partial charge in [0.05, 0.1) is 11.1 Å². The smallest absolute Gasteiger partial charge is 0.148 e. The molecule has 1 aromatic heterocycles. The van der Waals surface area contributed by atoms with E-state index >= 15 is 0 Å². The molecular weight excluding hydrogens is 294 g/mol. The third-order valence-electron chi connectivity index (χ3n) is 2.36. The van der Waals surface area contributed by atoms with Gasteiger partial charge >= 0.3 is 0 Å². The van der Waals surface area contributed by atoms with Crippen LogP contribution in [0.25, 0.3) is 0 Å². The second-order valence-electron chi connectivity index (χ2n) is 3.68. The first-order chi connectivity index (χ1) is 8.79. The average molecular weight is 308 g/mol. The van der Waals surface area contributed by atoms with Crippen LogP contribution in [0.3, 0.4) is 0 Å². The molecule has 0 radical (unpaired) electrons. The van der Waals surface area contributed by atoms with Crippen molar-refractivity contribution in [3.05, 3.63) is 46.8 Å². The quantitative estimate of drug-likeness (QED) is 0.918. The van der Waals surface area contributed by atoms with Gasteiger partial charge in [0, 0.05) is 18.5 Å². The molecule has 0 amide bonds. The van der Waals surface area contributed by atoms with E-state index in [1.165, 1.54) is 6.33 Å². The van der Waals surface area contributed by atoms with Crippen molar-refractivity contribution >= 4 is 27.4 Å². The Labute approximate surface area is 115 Å². The van der Waals surface area contributed by atoms with Gasteiger partial charge in [-0.3, -0.25) is 0 Å². The van der Waals surface area contributed by atoms with Crippen LogP contribution in [0.1, 0.15) is 12.5 Å². The van der Waals surface area contributed by atoms with Gasteiger partial charge in [-0.1, -0.05) is 12.1 Å². The maximum Gasteiger partial charge on any atom is 0.148 e. The van der Waals surface area contributed by atoms with Gasteiger partial charge in [-0.05, 0) is 40.5 Å². The molecule has 0 aliphatic carbocycles. The van der Waals surface area contributed by atoms with Crippen molar-refractivity contribution in [2.75, 3.05) is 11.9 Å². The third-order valence-corrected chi connectivity index (χ3v) is 2.94. The predicted octanol–water partition coefficient (Wildman–Crippen LogP) is 3.52. The fourth-order valence-corrected chi connectivity index (χ4v) is 1.77. The number of hydrogen-bond donors (Lipinski definition) is 1. The first-order valence-electron chi connectivity index (χ1n) is 5.69. The molecule has 0 fully saturated rings. The van der Waals surface area contributed by atoms with Crippen LogP contribution in [0, 0.1) is 0 Å². The molecule has 0 saturated heterocycles. The minimum Gasteiger partial charge on any atom is -0.377 e. The second-order valence-corrected chi connectivity index (χ2v) is 4.53. The number of anilines is 2. The highest BCUT2D eigenvalue weighted by atomic mass is 79.9. The minimum absolute atomic E-state index is 0.647. The molecule has 0 unspecified atom stereocenters. The first kappa shape index (κ1) is 13.0. The molecule has 94 valence electrons. The third kappa shape index (κ3) is 3.51. The molecule has 4 nitrogen and oxygen atoms in total. The summed E-state index contributed by atoms with van der Waals surface area (Å²) in [6.07, 6.45) is 3.22. The monoisotopic (exact) mass is 307 g/mol. The summed E-state index contributed by atoms with van der Waals surface area (Å²) in [5.74, 6) is 0.752. The Morgan fingerprint density at radius 3 is 2.72 bits per heavy atom. The molecule has 0 aliphatic rings. The first-order valence-corrected chi connectivity index (χ1v) is 6.48. The van der Waals surface area contributed by atoms with Crippen molar-refractivity contribution in [1.29, 1.82) is 0 Å². The van der Waals surface area contributed by atoms with E-state index in [4.69, 9.17) is 4.74 Å². The fraction of sp³-hybridized carbons (Fsp3) is 0.231. The number of benzene rings is 1. The van der Waals surface area contributed by atoms with Gasteiger partial charge in [0.15, 0.2) is 0 Å². The van der Waals surface area contributed by atoms with Crippen LogP contribution in [0.2, 0.25) is 0 Å². The zero-order valence-electron chi connectivity index (χ0n) is 10.1. The number of aromatic nitrogens is 2. The van der Waals surface area contributed by atoms with Crippen LogP contribution in [0.5, 0.6) is 0 Å². The summed E-state index contributed by atoms with van der Waals surface area (Å²) in [4.78, 5) is 8.07. The number of nitrogens with one attached hydrogen (secondary N) is 1. The maximum absolute atomic E-state index is 5.35. The molecule has 5 heteroatoms. The number of rotatable bonds is 5. The van der Waals surface area contributed by atoms with E-state index in [0.717, 1.165) is 28.1 Å². The standard InChI is InChI=1S/C13H14BrN3O/c1-2-18-8-10-3-5-11(6-4-10)17-13-12(14)7-15-9-16-13/h3-7,9H,2,8H2,1H3,(H,15,16,17). The molecule has 2 aromatic rings. The summed E-state index contributed by atoms with van der Waals surface area (Å²) >= 11 is 3.39. The van der Waals surface area contributed by atoms with Crippen molar-refractivity contribution in [1.82, 2.24) is 9.97 Å². The van der Waals surface area contributed by atoms with Crippen LogP contribution < -0.4 is 5.32 Å². The highest BCUT2D eigenvalue weighted by Gasteiger charge is 2.01. The van der Waals surface area contributed by atoms with Crippen molar-refractivity contribution in [3.8, 4) is 0 Å². The Morgan fingerprint density at radius 1 is 1.28 bits per heavy atom. The van der Waals surface area contributed by atoms with E-state index in [9.17, 15) is 0 Å². The lowest BCUT2D eigenvalue weighted by Gasteiger charge is -2.08. The Morgan fingerprint density at radius 2 is 2.06 bits per heavy atom. The SMILES string of the molecule is CCOCc1ccc(Nc2ncncc2Br)cc1. The Bertz CT molecular complexity index is 502. The zero-order chi connectivity index (χ0) is 12.8. The molecule has 0 aliphatic heterocycles. The summed E-state index contributed by atoms with van der Waals surface area (Å²) in [6, 6.07) is 8.08. The molecule has 0 spiro atoms. The molecule has 0 atom stereocenters. The highest BCUT2D eigenvalue weighted by molar-refractivity contribution is 9.10. The van der Waals surface area contributed by atoms with Crippen LogP contribution in [-0.2, 0) is 11.3 Å². The summed E-state index contributed by atoms with van der Waals surface area (Å²) in [6.45, 7) is 3.37. The Kier molecular flexibility index (Phi) is 4.66. The lowest BCUT2D eigenvalue weighted by molar-refractivity contribution is 0.134. The molecule has 1 aromatic carbocycles. The highest BCUT2D eigenvalue weighted by Crippen LogP contribution is 2.22.